The number of hydrogen-bond donors (Lipinski definition) is 1. The van der Waals surface area contributed by atoms with Crippen molar-refractivity contribution in [3.05, 3.63) is 51.9 Å². The molecule has 1 unspecified atom stereocenters. The number of hydrogen-bond acceptors (Lipinski definition) is 7. The molecule has 29 heavy (non-hydrogen) atoms. The van der Waals surface area contributed by atoms with E-state index in [-0.39, 0.29) is 22.2 Å². The van der Waals surface area contributed by atoms with E-state index in [9.17, 15) is 10.5 Å². The number of benzene rings is 1. The zero-order valence-electron chi connectivity index (χ0n) is 15.6. The summed E-state index contributed by atoms with van der Waals surface area (Å²) in [7, 11) is 0. The number of anilines is 1. The van der Waals surface area contributed by atoms with E-state index in [1.165, 1.54) is 0 Å². The number of imidazole rings is 1. The van der Waals surface area contributed by atoms with Gasteiger partial charge in [-0.1, -0.05) is 17.2 Å². The highest BCUT2D eigenvalue weighted by molar-refractivity contribution is 6.32. The van der Waals surface area contributed by atoms with E-state index in [0.29, 0.717) is 29.0 Å². The molecule has 0 bridgehead atoms. The second-order valence-corrected chi connectivity index (χ2v) is 7.47. The van der Waals surface area contributed by atoms with Gasteiger partial charge in [-0.2, -0.15) is 9.99 Å². The second-order valence-electron chi connectivity index (χ2n) is 7.07. The van der Waals surface area contributed by atoms with Crippen LogP contribution in [-0.2, 0) is 9.57 Å². The van der Waals surface area contributed by atoms with Crippen LogP contribution in [0.3, 0.4) is 0 Å². The quantitative estimate of drug-likeness (QED) is 0.521. The third-order valence-electron chi connectivity index (χ3n) is 5.30. The van der Waals surface area contributed by atoms with E-state index in [1.807, 2.05) is 12.3 Å². The average Bonchev–Trinajstić information content (AvgIpc) is 3.46. The summed E-state index contributed by atoms with van der Waals surface area (Å²) < 4.78 is 8.16. The molecule has 1 atom stereocenters. The number of aromatic nitrogens is 3. The van der Waals surface area contributed by atoms with Crippen LogP contribution in [0.2, 0.25) is 5.02 Å². The van der Waals surface area contributed by atoms with Gasteiger partial charge in [0.05, 0.1) is 17.3 Å². The highest BCUT2D eigenvalue weighted by Gasteiger charge is 2.28. The Morgan fingerprint density at radius 2 is 2.34 bits per heavy atom. The number of nitrogens with zero attached hydrogens (tertiary/aromatic N) is 5. The van der Waals surface area contributed by atoms with Crippen molar-refractivity contribution in [3.8, 4) is 6.07 Å². The molecule has 0 spiro atoms. The zero-order chi connectivity index (χ0) is 20.1. The fourth-order valence-electron chi connectivity index (χ4n) is 3.89. The molecule has 0 aliphatic carbocycles. The maximum absolute atomic E-state index is 13.0. The van der Waals surface area contributed by atoms with Gasteiger partial charge in [-0.3, -0.25) is 4.40 Å². The smallest absolute Gasteiger partial charge is 0.260 e. The lowest BCUT2D eigenvalue weighted by molar-refractivity contribution is -0.583. The van der Waals surface area contributed by atoms with E-state index in [0.717, 1.165) is 29.9 Å². The van der Waals surface area contributed by atoms with Crippen molar-refractivity contribution < 1.29 is 14.3 Å². The molecule has 2 aliphatic heterocycles. The monoisotopic (exact) mass is 412 g/mol. The molecule has 1 N–H and O–H groups in total. The zero-order valence-corrected chi connectivity index (χ0v) is 16.3. The fraction of sp³-hybridized carbons (Fsp3) is 0.316. The summed E-state index contributed by atoms with van der Waals surface area (Å²) in [6, 6.07) is 5.33. The lowest BCUT2D eigenvalue weighted by atomic mass is 10.1. The molecular formula is C19H17ClN6O3. The summed E-state index contributed by atoms with van der Waals surface area (Å²) in [5.74, 6) is 1.26. The summed E-state index contributed by atoms with van der Waals surface area (Å²) in [4.78, 5) is 10.0. The van der Waals surface area contributed by atoms with Crippen molar-refractivity contribution in [2.75, 3.05) is 11.6 Å². The van der Waals surface area contributed by atoms with Crippen molar-refractivity contribution in [1.82, 2.24) is 15.0 Å². The number of nitrogens with one attached hydrogen (secondary N) is 1. The maximum atomic E-state index is 13.0. The largest absolute Gasteiger partial charge is 0.618 e. The second kappa shape index (κ2) is 6.77. The topological polar surface area (TPSA) is 102 Å². The van der Waals surface area contributed by atoms with E-state index in [4.69, 9.17) is 21.2 Å². The molecule has 4 heterocycles. The summed E-state index contributed by atoms with van der Waals surface area (Å²) in [5.41, 5.74) is 4.72. The van der Waals surface area contributed by atoms with Gasteiger partial charge >= 0.3 is 0 Å². The Morgan fingerprint density at radius 3 is 3.10 bits per heavy atom. The summed E-state index contributed by atoms with van der Waals surface area (Å²) >= 11 is 6.12. The summed E-state index contributed by atoms with van der Waals surface area (Å²) in [5, 5.41) is 24.3. The van der Waals surface area contributed by atoms with E-state index in [1.54, 1.807) is 34.8 Å². The highest BCUT2D eigenvalue weighted by Crippen LogP contribution is 2.31. The summed E-state index contributed by atoms with van der Waals surface area (Å²) in [6.07, 6.45) is 6.33. The van der Waals surface area contributed by atoms with E-state index >= 15 is 0 Å². The predicted octanol–water partition coefficient (Wildman–Crippen LogP) is 2.62. The van der Waals surface area contributed by atoms with E-state index in [2.05, 4.69) is 10.6 Å². The molecule has 10 heteroatoms. The van der Waals surface area contributed by atoms with Crippen LogP contribution in [0.15, 0.2) is 30.4 Å². The van der Waals surface area contributed by atoms with Gasteiger partial charge in [-0.25, -0.2) is 9.99 Å². The Bertz CT molecular complexity index is 1210. The normalized spacial score (nSPS) is 19.0. The molecular weight excluding hydrogens is 396 g/mol. The first-order valence-electron chi connectivity index (χ1n) is 9.24. The van der Waals surface area contributed by atoms with Gasteiger partial charge in [0.15, 0.2) is 11.3 Å². The number of hydrazine groups is 1. The SMILES string of the molecule is Cc1c2c(N3C=C(CC4CCCO4)ON3)ncn2c2ccc(Cl)c(C#N)c2[n+]1[O-]. The molecule has 1 aromatic carbocycles. The number of nitriles is 1. The summed E-state index contributed by atoms with van der Waals surface area (Å²) in [6.45, 7) is 2.47. The fourth-order valence-corrected chi connectivity index (χ4v) is 4.09. The average molecular weight is 413 g/mol. The molecule has 9 nitrogen and oxygen atoms in total. The maximum Gasteiger partial charge on any atom is 0.260 e. The molecule has 0 saturated carbocycles. The van der Waals surface area contributed by atoms with Gasteiger partial charge in [0.1, 0.15) is 29.2 Å². The lowest BCUT2D eigenvalue weighted by Gasteiger charge is -2.14. The van der Waals surface area contributed by atoms with Crippen molar-refractivity contribution in [1.29, 1.82) is 5.26 Å². The van der Waals surface area contributed by atoms with Gasteiger partial charge in [0.25, 0.3) is 5.52 Å². The minimum atomic E-state index is 0.140. The van der Waals surface area contributed by atoms with Gasteiger partial charge in [-0.05, 0) is 25.0 Å². The van der Waals surface area contributed by atoms with Crippen LogP contribution in [0.4, 0.5) is 5.82 Å². The Morgan fingerprint density at radius 1 is 1.48 bits per heavy atom. The first-order chi connectivity index (χ1) is 14.1. The minimum Gasteiger partial charge on any atom is -0.618 e. The van der Waals surface area contributed by atoms with Crippen LogP contribution in [0.5, 0.6) is 0 Å². The third-order valence-corrected chi connectivity index (χ3v) is 5.62. The molecule has 1 saturated heterocycles. The van der Waals surface area contributed by atoms with Gasteiger partial charge in [0.2, 0.25) is 5.69 Å². The number of halogens is 1. The molecule has 0 radical (unpaired) electrons. The lowest BCUT2D eigenvalue weighted by Crippen LogP contribution is -2.34. The first kappa shape index (κ1) is 18.0. The Balaban J connectivity index is 1.62. The standard InChI is InChI=1S/C19H17ClN6O3/c1-11-17-19(25-9-13(29-23-25)7-12-3-2-6-28-12)22-10-24(17)16-5-4-15(20)14(8-21)18(16)26(11)27/h4-5,9-10,12,23H,2-3,6-7H2,1H3. The molecule has 5 rings (SSSR count). The Labute approximate surface area is 170 Å². The number of aryl methyl sites for hydroxylation is 1. The molecule has 2 aliphatic rings. The first-order valence-corrected chi connectivity index (χ1v) is 9.62. The Hall–Kier alpha value is -3.06. The predicted molar refractivity (Wildman–Crippen MR) is 104 cm³/mol. The van der Waals surface area contributed by atoms with Crippen molar-refractivity contribution >= 4 is 34.0 Å². The van der Waals surface area contributed by atoms with Crippen LogP contribution in [0.1, 0.15) is 30.5 Å². The van der Waals surface area contributed by atoms with Crippen LogP contribution in [-0.4, -0.2) is 22.1 Å². The number of rotatable bonds is 3. The van der Waals surface area contributed by atoms with Crippen LogP contribution >= 0.6 is 11.6 Å². The minimum absolute atomic E-state index is 0.140. The Kier molecular flexibility index (Phi) is 4.20. The van der Waals surface area contributed by atoms with Crippen LogP contribution in [0, 0.1) is 23.5 Å². The molecule has 3 aromatic rings. The third kappa shape index (κ3) is 2.76. The molecule has 148 valence electrons. The van der Waals surface area contributed by atoms with Gasteiger partial charge in [-0.15, -0.1) is 0 Å². The highest BCUT2D eigenvalue weighted by atomic mass is 35.5. The van der Waals surface area contributed by atoms with Crippen molar-refractivity contribution in [3.63, 3.8) is 0 Å². The number of ether oxygens (including phenoxy) is 1. The van der Waals surface area contributed by atoms with Crippen LogP contribution in [0.25, 0.3) is 16.6 Å². The molecule has 1 fully saturated rings. The molecule has 2 aromatic heterocycles. The van der Waals surface area contributed by atoms with Crippen molar-refractivity contribution in [2.24, 2.45) is 0 Å². The van der Waals surface area contributed by atoms with Crippen molar-refractivity contribution in [2.45, 2.75) is 32.3 Å². The van der Waals surface area contributed by atoms with Gasteiger partial charge in [0, 0.05) is 20.0 Å². The van der Waals surface area contributed by atoms with E-state index < -0.39 is 0 Å². The van der Waals surface area contributed by atoms with Crippen LogP contribution < -0.4 is 15.3 Å². The van der Waals surface area contributed by atoms with Gasteiger partial charge < -0.3 is 14.8 Å². The molecule has 0 amide bonds. The number of fused-ring (bicyclic) bond motifs is 3.